The van der Waals surface area contributed by atoms with E-state index in [-0.39, 0.29) is 43.1 Å². The van der Waals surface area contributed by atoms with Crippen molar-refractivity contribution in [2.45, 2.75) is 98.6 Å². The van der Waals surface area contributed by atoms with Gasteiger partial charge in [-0.15, -0.1) is 0 Å². The van der Waals surface area contributed by atoms with Crippen LogP contribution >= 0.6 is 0 Å². The molecule has 1 aromatic carbocycles. The summed E-state index contributed by atoms with van der Waals surface area (Å²) in [6, 6.07) is 4.51. The number of hydrogen-bond donors (Lipinski definition) is 2. The van der Waals surface area contributed by atoms with E-state index in [1.165, 1.54) is 12.1 Å². The highest BCUT2D eigenvalue weighted by Gasteiger charge is 2.37. The van der Waals surface area contributed by atoms with Gasteiger partial charge in [0.25, 0.3) is 0 Å². The Morgan fingerprint density at radius 2 is 1.38 bits per heavy atom. The molecule has 1 aromatic rings. The summed E-state index contributed by atoms with van der Waals surface area (Å²) < 4.78 is 16.3. The molecule has 2 atom stereocenters. The molecule has 0 saturated heterocycles. The van der Waals surface area contributed by atoms with Gasteiger partial charge >= 0.3 is 23.9 Å². The molecule has 1 unspecified atom stereocenters. The first kappa shape index (κ1) is 32.1. The van der Waals surface area contributed by atoms with Crippen LogP contribution in [-0.4, -0.2) is 40.6 Å². The van der Waals surface area contributed by atoms with Crippen molar-refractivity contribution in [1.29, 1.82) is 0 Å². The fourth-order valence-corrected chi connectivity index (χ4v) is 3.48. The van der Waals surface area contributed by atoms with Crippen LogP contribution in [0, 0.1) is 17.8 Å². The largest absolute Gasteiger partial charge is 0.480 e. The second-order valence-electron chi connectivity index (χ2n) is 10.8. The molecule has 0 heterocycles. The van der Waals surface area contributed by atoms with Crippen LogP contribution in [0.2, 0.25) is 0 Å². The normalized spacial score (nSPS) is 13.8. The van der Waals surface area contributed by atoms with E-state index < -0.39 is 35.5 Å². The molecule has 0 aliphatic carbocycles. The van der Waals surface area contributed by atoms with Gasteiger partial charge in [-0.25, -0.2) is 0 Å². The molecule has 0 aliphatic heterocycles. The lowest BCUT2D eigenvalue weighted by Gasteiger charge is -2.28. The Morgan fingerprint density at radius 1 is 0.865 bits per heavy atom. The molecule has 37 heavy (non-hydrogen) atoms. The van der Waals surface area contributed by atoms with Crippen LogP contribution in [0.3, 0.4) is 0 Å². The van der Waals surface area contributed by atoms with Gasteiger partial charge in [0.2, 0.25) is 0 Å². The first-order valence-electron chi connectivity index (χ1n) is 12.9. The molecular weight excluding hydrogens is 478 g/mol. The van der Waals surface area contributed by atoms with Gasteiger partial charge in [0.15, 0.2) is 11.5 Å². The average Bonchev–Trinajstić information content (AvgIpc) is 2.77. The molecule has 0 aliphatic rings. The van der Waals surface area contributed by atoms with E-state index >= 15 is 0 Å². The van der Waals surface area contributed by atoms with Crippen molar-refractivity contribution in [3.63, 3.8) is 0 Å². The summed E-state index contributed by atoms with van der Waals surface area (Å²) in [5.74, 6) is -2.30. The van der Waals surface area contributed by atoms with Crippen LogP contribution in [0.15, 0.2) is 18.2 Å². The van der Waals surface area contributed by atoms with Crippen molar-refractivity contribution >= 4 is 23.9 Å². The third-order valence-electron chi connectivity index (χ3n) is 5.69. The summed E-state index contributed by atoms with van der Waals surface area (Å²) in [4.78, 5) is 48.8. The smallest absolute Gasteiger partial charge is 0.324 e. The van der Waals surface area contributed by atoms with Gasteiger partial charge in [-0.2, -0.15) is 0 Å². The monoisotopic (exact) mass is 521 g/mol. The van der Waals surface area contributed by atoms with Crippen LogP contribution in [-0.2, 0) is 30.3 Å². The van der Waals surface area contributed by atoms with Crippen molar-refractivity contribution in [3.8, 4) is 11.5 Å². The predicted molar refractivity (Wildman–Crippen MR) is 139 cm³/mol. The number of carboxylic acid groups (broad SMARTS) is 1. The van der Waals surface area contributed by atoms with E-state index in [9.17, 15) is 24.3 Å². The number of carbonyl (C=O) groups excluding carboxylic acids is 3. The van der Waals surface area contributed by atoms with Crippen molar-refractivity contribution < 1.29 is 38.5 Å². The standard InChI is InChI=1S/C28H43NO8/c1-17(2)8-12-24(30)36-22-11-10-21(14-23(22)37-25(31)13-9-18(3)4)16-28(29,27(33)34)15-20(7)35-26(32)19(5)6/h10-11,14,17-20H,8-9,12-13,15-16,29H2,1-7H3,(H,33,34)/t20-,28?/m0/s1. The van der Waals surface area contributed by atoms with Crippen LogP contribution in [0.25, 0.3) is 0 Å². The summed E-state index contributed by atoms with van der Waals surface area (Å²) in [6.07, 6.45) is 0.662. The fourth-order valence-electron chi connectivity index (χ4n) is 3.48. The van der Waals surface area contributed by atoms with Gasteiger partial charge < -0.3 is 25.1 Å². The number of benzene rings is 1. The minimum atomic E-state index is -1.76. The molecule has 0 spiro atoms. The average molecular weight is 522 g/mol. The fraction of sp³-hybridized carbons (Fsp3) is 0.643. The number of ether oxygens (including phenoxy) is 3. The Morgan fingerprint density at radius 3 is 1.84 bits per heavy atom. The SMILES string of the molecule is CC(C)CCC(=O)Oc1ccc(CC(N)(C[C@H](C)OC(=O)C(C)C)C(=O)O)cc1OC(=O)CCC(C)C. The van der Waals surface area contributed by atoms with E-state index in [2.05, 4.69) is 0 Å². The minimum absolute atomic E-state index is 0.0242. The number of nitrogens with two attached hydrogens (primary N) is 1. The molecule has 9 heteroatoms. The lowest BCUT2D eigenvalue weighted by Crippen LogP contribution is -2.52. The topological polar surface area (TPSA) is 142 Å². The van der Waals surface area contributed by atoms with E-state index in [4.69, 9.17) is 19.9 Å². The second kappa shape index (κ2) is 14.7. The second-order valence-corrected chi connectivity index (χ2v) is 10.8. The number of rotatable bonds is 15. The predicted octanol–water partition coefficient (Wildman–Crippen LogP) is 4.67. The van der Waals surface area contributed by atoms with Gasteiger partial charge in [0.1, 0.15) is 11.6 Å². The Balaban J connectivity index is 3.18. The maximum Gasteiger partial charge on any atom is 0.324 e. The quantitative estimate of drug-likeness (QED) is 0.248. The van der Waals surface area contributed by atoms with Crippen LogP contribution < -0.4 is 15.2 Å². The molecular formula is C28H43NO8. The van der Waals surface area contributed by atoms with E-state index in [1.807, 2.05) is 27.7 Å². The van der Waals surface area contributed by atoms with Crippen molar-refractivity contribution in [2.75, 3.05) is 0 Å². The van der Waals surface area contributed by atoms with Gasteiger partial charge in [-0.1, -0.05) is 47.6 Å². The lowest BCUT2D eigenvalue weighted by atomic mass is 9.86. The Bertz CT molecular complexity index is 940. The minimum Gasteiger partial charge on any atom is -0.480 e. The summed E-state index contributed by atoms with van der Waals surface area (Å²) in [5.41, 5.74) is 4.96. The Labute approximate surface area is 220 Å². The van der Waals surface area contributed by atoms with Gasteiger partial charge in [-0.05, 0) is 49.3 Å². The number of carbonyl (C=O) groups is 4. The maximum atomic E-state index is 12.4. The molecule has 0 amide bonds. The van der Waals surface area contributed by atoms with Crippen molar-refractivity contribution in [2.24, 2.45) is 23.5 Å². The summed E-state index contributed by atoms with van der Waals surface area (Å²) in [5, 5.41) is 9.88. The highest BCUT2D eigenvalue weighted by molar-refractivity contribution is 5.80. The van der Waals surface area contributed by atoms with Gasteiger partial charge in [-0.3, -0.25) is 19.2 Å². The first-order chi connectivity index (χ1) is 17.1. The number of hydrogen-bond acceptors (Lipinski definition) is 8. The molecule has 1 rings (SSSR count). The third kappa shape index (κ3) is 11.8. The summed E-state index contributed by atoms with van der Waals surface area (Å²) >= 11 is 0. The third-order valence-corrected chi connectivity index (χ3v) is 5.69. The van der Waals surface area contributed by atoms with Crippen LogP contribution in [0.5, 0.6) is 11.5 Å². The van der Waals surface area contributed by atoms with Gasteiger partial charge in [0, 0.05) is 25.7 Å². The molecule has 0 bridgehead atoms. The lowest BCUT2D eigenvalue weighted by molar-refractivity contribution is -0.156. The Hall–Kier alpha value is -2.94. The molecule has 0 aromatic heterocycles. The molecule has 208 valence electrons. The zero-order chi connectivity index (χ0) is 28.3. The summed E-state index contributed by atoms with van der Waals surface area (Å²) in [7, 11) is 0. The summed E-state index contributed by atoms with van der Waals surface area (Å²) in [6.45, 7) is 12.9. The number of esters is 3. The zero-order valence-electron chi connectivity index (χ0n) is 23.2. The van der Waals surface area contributed by atoms with E-state index in [0.717, 1.165) is 0 Å². The molecule has 9 nitrogen and oxygen atoms in total. The van der Waals surface area contributed by atoms with Crippen LogP contribution in [0.4, 0.5) is 0 Å². The molecule has 0 fully saturated rings. The zero-order valence-corrected chi connectivity index (χ0v) is 23.2. The van der Waals surface area contributed by atoms with Crippen molar-refractivity contribution in [1.82, 2.24) is 0 Å². The van der Waals surface area contributed by atoms with E-state index in [1.54, 1.807) is 26.8 Å². The van der Waals surface area contributed by atoms with E-state index in [0.29, 0.717) is 30.2 Å². The molecule has 0 radical (unpaired) electrons. The van der Waals surface area contributed by atoms with Gasteiger partial charge in [0.05, 0.1) is 5.92 Å². The number of carboxylic acids is 1. The molecule has 3 N–H and O–H groups in total. The highest BCUT2D eigenvalue weighted by Crippen LogP contribution is 2.32. The maximum absolute atomic E-state index is 12.4. The Kier molecular flexibility index (Phi) is 12.8. The molecule has 0 saturated carbocycles. The number of aliphatic carboxylic acids is 1. The highest BCUT2D eigenvalue weighted by atomic mass is 16.6. The van der Waals surface area contributed by atoms with Crippen LogP contribution in [0.1, 0.15) is 86.1 Å². The van der Waals surface area contributed by atoms with Crippen molar-refractivity contribution in [3.05, 3.63) is 23.8 Å². The first-order valence-corrected chi connectivity index (χ1v) is 12.9.